The van der Waals surface area contributed by atoms with E-state index in [0.717, 1.165) is 0 Å². The number of benzene rings is 6. The van der Waals surface area contributed by atoms with Crippen LogP contribution >= 0.6 is 30.1 Å². The summed E-state index contributed by atoms with van der Waals surface area (Å²) in [6, 6.07) is 65.3. The Morgan fingerprint density at radius 1 is 0.241 bits per heavy atom. The molecule has 6 rings (SSSR count). The van der Waals surface area contributed by atoms with Crippen molar-refractivity contribution in [2.45, 2.75) is 0 Å². The molecule has 0 unspecified atom stereocenters. The third-order valence-corrected chi connectivity index (χ3v) is 15.6. The van der Waals surface area contributed by atoms with E-state index < -0.39 is 30.1 Å². The van der Waals surface area contributed by atoms with Gasteiger partial charge < -0.3 is 0 Å². The Bertz CT molecular complexity index is 1670. The summed E-state index contributed by atoms with van der Waals surface area (Å²) < 4.78 is 118. The molecule has 54 heavy (non-hydrogen) atoms. The molecule has 0 bridgehead atoms. The van der Waals surface area contributed by atoms with Crippen molar-refractivity contribution in [3.8, 4) is 0 Å². The van der Waals surface area contributed by atoms with Crippen LogP contribution in [0.2, 0.25) is 0 Å². The first-order valence-electron chi connectivity index (χ1n) is 15.7. The van der Waals surface area contributed by atoms with E-state index in [4.69, 9.17) is 0 Å². The second-order valence-corrected chi connectivity index (χ2v) is 22.9. The second-order valence-electron chi connectivity index (χ2n) is 11.9. The van der Waals surface area contributed by atoms with E-state index in [1.165, 1.54) is 31.8 Å². The first-order valence-corrected chi connectivity index (χ1v) is 24.3. The molecule has 0 atom stereocenters. The van der Waals surface area contributed by atoms with E-state index in [-0.39, 0.29) is 0 Å². The average molecular weight is 845 g/mol. The van der Waals surface area contributed by atoms with Crippen molar-refractivity contribution in [3.05, 3.63) is 182 Å². The summed E-state index contributed by atoms with van der Waals surface area (Å²) in [5.74, 6) is 0. The van der Waals surface area contributed by atoms with E-state index in [1.54, 1.807) is 0 Å². The Balaban J connectivity index is 0.000000217. The Morgan fingerprint density at radius 2 is 0.333 bits per heavy atom. The zero-order valence-electron chi connectivity index (χ0n) is 28.6. The summed E-state index contributed by atoms with van der Waals surface area (Å²) >= 11 is 0. The molecule has 0 amide bonds. The van der Waals surface area contributed by atoms with Crippen LogP contribution in [0, 0.1) is 0 Å². The van der Waals surface area contributed by atoms with Gasteiger partial charge in [-0.2, -0.15) is 0 Å². The van der Waals surface area contributed by atoms with E-state index in [1.807, 2.05) is 0 Å². The quantitative estimate of drug-likeness (QED) is 0.116. The van der Waals surface area contributed by atoms with Crippen LogP contribution in [-0.4, -0.2) is 13.3 Å². The molecule has 0 aliphatic carbocycles. The standard InChI is InChI=1S/2C19H18P.2F6P/c2*1-20(17-11-5-2-6-12-17,18-13-7-3-8-14-18)19-15-9-4-10-16-19;2*1-7(2,3,4,5)6/h2*2-16H,1H3;;/q2*+1;2*-1. The topological polar surface area (TPSA) is 0 Å². The van der Waals surface area contributed by atoms with Gasteiger partial charge in [-0.1, -0.05) is 109 Å². The molecule has 0 radical (unpaired) electrons. The minimum atomic E-state index is -10.7. The molecule has 0 saturated heterocycles. The Hall–Kier alpha value is -3.80. The van der Waals surface area contributed by atoms with Gasteiger partial charge in [0.05, 0.1) is 13.3 Å². The van der Waals surface area contributed by atoms with Crippen molar-refractivity contribution in [2.75, 3.05) is 13.3 Å². The Morgan fingerprint density at radius 3 is 0.426 bits per heavy atom. The average Bonchev–Trinajstić information content (AvgIpc) is 3.11. The van der Waals surface area contributed by atoms with Gasteiger partial charge in [-0.3, -0.25) is 0 Å². The van der Waals surface area contributed by atoms with E-state index in [2.05, 4.69) is 195 Å². The molecule has 0 spiro atoms. The van der Waals surface area contributed by atoms with Crippen LogP contribution in [0.3, 0.4) is 0 Å². The zero-order valence-corrected chi connectivity index (χ0v) is 32.2. The molecule has 0 N–H and O–H groups in total. The number of hydrogen-bond donors (Lipinski definition) is 0. The zero-order chi connectivity index (χ0) is 40.5. The van der Waals surface area contributed by atoms with Gasteiger partial charge in [0.25, 0.3) is 0 Å². The molecule has 0 aliphatic rings. The van der Waals surface area contributed by atoms with Gasteiger partial charge in [-0.05, 0) is 72.8 Å². The van der Waals surface area contributed by atoms with Crippen LogP contribution in [0.4, 0.5) is 50.4 Å². The summed E-state index contributed by atoms with van der Waals surface area (Å²) in [6.07, 6.45) is 0. The number of halogens is 12. The summed E-state index contributed by atoms with van der Waals surface area (Å²) in [5.41, 5.74) is 0. The van der Waals surface area contributed by atoms with Gasteiger partial charge in [-0.25, -0.2) is 0 Å². The fourth-order valence-corrected chi connectivity index (χ4v) is 11.7. The van der Waals surface area contributed by atoms with Crippen LogP contribution in [0.5, 0.6) is 0 Å². The molecule has 0 aliphatic heterocycles. The predicted molar refractivity (Wildman–Crippen MR) is 209 cm³/mol. The van der Waals surface area contributed by atoms with E-state index >= 15 is 0 Å². The van der Waals surface area contributed by atoms with Crippen molar-refractivity contribution in [1.82, 2.24) is 0 Å². The molecule has 6 aromatic carbocycles. The van der Waals surface area contributed by atoms with Crippen LogP contribution < -0.4 is 31.8 Å². The number of rotatable bonds is 6. The molecule has 292 valence electrons. The first kappa shape index (κ1) is 44.6. The van der Waals surface area contributed by atoms with Crippen LogP contribution in [-0.2, 0) is 0 Å². The van der Waals surface area contributed by atoms with Crippen molar-refractivity contribution in [2.24, 2.45) is 0 Å². The van der Waals surface area contributed by atoms with Gasteiger partial charge in [-0.15, -0.1) is 0 Å². The fraction of sp³-hybridized carbons (Fsp3) is 0.0526. The van der Waals surface area contributed by atoms with E-state index in [9.17, 15) is 50.4 Å². The summed E-state index contributed by atoms with van der Waals surface area (Å²) in [6.45, 7) is 4.82. The molecular weight excluding hydrogens is 808 g/mol. The Labute approximate surface area is 307 Å². The third kappa shape index (κ3) is 16.7. The third-order valence-electron chi connectivity index (χ3n) is 7.64. The van der Waals surface area contributed by atoms with E-state index in [0.29, 0.717) is 0 Å². The number of hydrogen-bond acceptors (Lipinski definition) is 0. The predicted octanol–water partition coefficient (Wildman–Crippen LogP) is 14.0. The molecule has 0 nitrogen and oxygen atoms in total. The van der Waals surface area contributed by atoms with Crippen LogP contribution in [0.15, 0.2) is 182 Å². The van der Waals surface area contributed by atoms with Gasteiger partial charge >= 0.3 is 66.0 Å². The second kappa shape index (κ2) is 15.4. The Kier molecular flexibility index (Phi) is 12.7. The molecule has 6 aromatic rings. The van der Waals surface area contributed by atoms with Gasteiger partial charge in [0.1, 0.15) is 46.4 Å². The molecule has 0 fully saturated rings. The van der Waals surface area contributed by atoms with Gasteiger partial charge in [0.2, 0.25) is 0 Å². The maximum absolute atomic E-state index is 10.7. The monoisotopic (exact) mass is 844 g/mol. The summed E-state index contributed by atoms with van der Waals surface area (Å²) in [5, 5.41) is 8.57. The molecular formula is C38H36F12P4. The van der Waals surface area contributed by atoms with Crippen molar-refractivity contribution < 1.29 is 50.4 Å². The van der Waals surface area contributed by atoms with Gasteiger partial charge in [0, 0.05) is 0 Å². The molecule has 16 heteroatoms. The normalized spacial score (nSPS) is 14.3. The first-order chi connectivity index (χ1) is 24.5. The van der Waals surface area contributed by atoms with Crippen LogP contribution in [0.25, 0.3) is 0 Å². The van der Waals surface area contributed by atoms with Crippen molar-refractivity contribution >= 4 is 62.0 Å². The van der Waals surface area contributed by atoms with Gasteiger partial charge in [0.15, 0.2) is 0 Å². The molecule has 0 heterocycles. The minimum absolute atomic E-state index is 1.43. The molecule has 0 aromatic heterocycles. The fourth-order valence-electron chi connectivity index (χ4n) is 5.25. The van der Waals surface area contributed by atoms with Crippen molar-refractivity contribution in [1.29, 1.82) is 0 Å². The maximum atomic E-state index is 9.87. The summed E-state index contributed by atoms with van der Waals surface area (Å²) in [4.78, 5) is 0. The van der Waals surface area contributed by atoms with Crippen LogP contribution in [0.1, 0.15) is 0 Å². The molecule has 0 saturated carbocycles. The SMILES string of the molecule is C[P+](c1ccccc1)(c1ccccc1)c1ccccc1.C[P+](c1ccccc1)(c1ccccc1)c1ccccc1.F[P-](F)(F)(F)(F)F.F[P-](F)(F)(F)(F)F. The summed E-state index contributed by atoms with van der Waals surface area (Å²) in [7, 11) is -24.4. The van der Waals surface area contributed by atoms with Crippen molar-refractivity contribution in [3.63, 3.8) is 0 Å².